The van der Waals surface area contributed by atoms with E-state index in [2.05, 4.69) is 13.0 Å². The van der Waals surface area contributed by atoms with E-state index in [4.69, 9.17) is 0 Å². The highest BCUT2D eigenvalue weighted by molar-refractivity contribution is 5.40. The summed E-state index contributed by atoms with van der Waals surface area (Å²) in [7, 11) is 0. The second-order valence-corrected chi connectivity index (χ2v) is 7.59. The number of benzene rings is 1. The summed E-state index contributed by atoms with van der Waals surface area (Å²) in [6.45, 7) is 2.17. The Kier molecular flexibility index (Phi) is 2.89. The topological polar surface area (TPSA) is 60.7 Å². The molecule has 6 atom stereocenters. The highest BCUT2D eigenvalue weighted by atomic mass is 16.3. The summed E-state index contributed by atoms with van der Waals surface area (Å²) in [6.07, 6.45) is 3.80. The van der Waals surface area contributed by atoms with E-state index >= 15 is 0 Å². The van der Waals surface area contributed by atoms with Crippen molar-refractivity contribution in [2.24, 2.45) is 17.3 Å². The van der Waals surface area contributed by atoms with Gasteiger partial charge in [-0.3, -0.25) is 0 Å². The lowest BCUT2D eigenvalue weighted by atomic mass is 9.55. The zero-order valence-electron chi connectivity index (χ0n) is 12.5. The van der Waals surface area contributed by atoms with Crippen LogP contribution >= 0.6 is 0 Å². The first-order chi connectivity index (χ1) is 10.0. The van der Waals surface area contributed by atoms with E-state index in [9.17, 15) is 15.3 Å². The van der Waals surface area contributed by atoms with Crippen molar-refractivity contribution >= 4 is 0 Å². The van der Waals surface area contributed by atoms with Crippen LogP contribution in [-0.2, 0) is 6.42 Å². The number of phenolic OH excluding ortho intramolecular Hbond substituents is 1. The van der Waals surface area contributed by atoms with E-state index in [1.807, 2.05) is 6.07 Å². The van der Waals surface area contributed by atoms with Gasteiger partial charge in [0.05, 0.1) is 12.2 Å². The van der Waals surface area contributed by atoms with Gasteiger partial charge in [0.1, 0.15) is 5.75 Å². The second kappa shape index (κ2) is 4.47. The summed E-state index contributed by atoms with van der Waals surface area (Å²) in [6, 6.07) is 5.80. The number of aliphatic hydroxyl groups is 2. The summed E-state index contributed by atoms with van der Waals surface area (Å²) in [5.74, 6) is 1.88. The summed E-state index contributed by atoms with van der Waals surface area (Å²) >= 11 is 0. The third-order valence-electron chi connectivity index (χ3n) is 6.68. The molecule has 3 nitrogen and oxygen atoms in total. The largest absolute Gasteiger partial charge is 0.508 e. The van der Waals surface area contributed by atoms with Crippen LogP contribution in [0.5, 0.6) is 5.75 Å². The van der Waals surface area contributed by atoms with Gasteiger partial charge in [-0.15, -0.1) is 0 Å². The standard InChI is InChI=1S/C18H24O3/c1-18-7-6-13-12-5-3-11(19)8-10(12)2-4-14(13)15(18)9-16(20)17(18)21/h3,5,8,13-17,19-21H,2,4,6-7,9H2,1H3/t13-,14-,15-,16-,17+,18-/m1/s1. The first kappa shape index (κ1) is 13.6. The maximum Gasteiger partial charge on any atom is 0.115 e. The lowest BCUT2D eigenvalue weighted by Crippen LogP contribution is -2.44. The van der Waals surface area contributed by atoms with Crippen LogP contribution in [0.1, 0.15) is 49.7 Å². The van der Waals surface area contributed by atoms with Crippen LogP contribution in [0.15, 0.2) is 18.2 Å². The quantitative estimate of drug-likeness (QED) is 0.687. The minimum absolute atomic E-state index is 0.116. The highest BCUT2D eigenvalue weighted by Gasteiger charge is 2.57. The van der Waals surface area contributed by atoms with Crippen molar-refractivity contribution in [2.75, 3.05) is 0 Å². The summed E-state index contributed by atoms with van der Waals surface area (Å²) in [5.41, 5.74) is 2.57. The van der Waals surface area contributed by atoms with E-state index in [0.717, 1.165) is 32.1 Å². The molecule has 2 saturated carbocycles. The average Bonchev–Trinajstić information content (AvgIpc) is 2.70. The Morgan fingerprint density at radius 2 is 2.00 bits per heavy atom. The maximum atomic E-state index is 10.4. The van der Waals surface area contributed by atoms with E-state index in [1.165, 1.54) is 11.1 Å². The molecule has 0 radical (unpaired) electrons. The Bertz CT molecular complexity index is 570. The Hall–Kier alpha value is -1.06. The van der Waals surface area contributed by atoms with E-state index in [1.54, 1.807) is 6.07 Å². The molecule has 1 aromatic rings. The van der Waals surface area contributed by atoms with E-state index in [0.29, 0.717) is 23.5 Å². The second-order valence-electron chi connectivity index (χ2n) is 7.59. The minimum atomic E-state index is -0.565. The number of aromatic hydroxyl groups is 1. The van der Waals surface area contributed by atoms with Crippen molar-refractivity contribution in [2.45, 2.75) is 57.2 Å². The van der Waals surface area contributed by atoms with Crippen LogP contribution in [0.4, 0.5) is 0 Å². The lowest BCUT2D eigenvalue weighted by Gasteiger charge is -2.49. The molecule has 21 heavy (non-hydrogen) atoms. The molecule has 0 spiro atoms. The first-order valence-corrected chi connectivity index (χ1v) is 8.18. The van der Waals surface area contributed by atoms with E-state index in [-0.39, 0.29) is 5.41 Å². The highest BCUT2D eigenvalue weighted by Crippen LogP contribution is 2.60. The molecule has 0 amide bonds. The monoisotopic (exact) mass is 288 g/mol. The van der Waals surface area contributed by atoms with Gasteiger partial charge in [0.25, 0.3) is 0 Å². The van der Waals surface area contributed by atoms with Gasteiger partial charge in [0, 0.05) is 0 Å². The number of rotatable bonds is 0. The lowest BCUT2D eigenvalue weighted by molar-refractivity contribution is -0.0505. The number of hydrogen-bond acceptors (Lipinski definition) is 3. The molecule has 0 aromatic heterocycles. The fourth-order valence-corrected chi connectivity index (χ4v) is 5.56. The Labute approximate surface area is 125 Å². The van der Waals surface area contributed by atoms with Crippen LogP contribution < -0.4 is 0 Å². The third kappa shape index (κ3) is 1.80. The van der Waals surface area contributed by atoms with Gasteiger partial charge in [-0.05, 0) is 78.5 Å². The Morgan fingerprint density at radius 3 is 2.81 bits per heavy atom. The van der Waals surface area contributed by atoms with Crippen molar-refractivity contribution in [3.63, 3.8) is 0 Å². The predicted molar refractivity (Wildman–Crippen MR) is 80.1 cm³/mol. The molecule has 3 aliphatic rings. The smallest absolute Gasteiger partial charge is 0.115 e. The Balaban J connectivity index is 1.71. The number of aliphatic hydroxyl groups excluding tert-OH is 2. The minimum Gasteiger partial charge on any atom is -0.508 e. The first-order valence-electron chi connectivity index (χ1n) is 8.18. The summed E-state index contributed by atoms with van der Waals surface area (Å²) < 4.78 is 0. The van der Waals surface area contributed by atoms with Crippen LogP contribution in [-0.4, -0.2) is 27.5 Å². The van der Waals surface area contributed by atoms with Crippen LogP contribution in [0.25, 0.3) is 0 Å². The van der Waals surface area contributed by atoms with Crippen LogP contribution in [0.3, 0.4) is 0 Å². The van der Waals surface area contributed by atoms with Crippen molar-refractivity contribution in [1.82, 2.24) is 0 Å². The van der Waals surface area contributed by atoms with Gasteiger partial charge in [0.2, 0.25) is 0 Å². The molecular formula is C18H24O3. The van der Waals surface area contributed by atoms with Crippen molar-refractivity contribution in [3.05, 3.63) is 29.3 Å². The molecular weight excluding hydrogens is 264 g/mol. The molecule has 3 heteroatoms. The molecule has 0 saturated heterocycles. The number of phenols is 1. The molecule has 114 valence electrons. The van der Waals surface area contributed by atoms with Crippen molar-refractivity contribution < 1.29 is 15.3 Å². The van der Waals surface area contributed by atoms with Gasteiger partial charge in [-0.25, -0.2) is 0 Å². The number of aryl methyl sites for hydroxylation is 1. The number of hydrogen-bond donors (Lipinski definition) is 3. The van der Waals surface area contributed by atoms with Crippen LogP contribution in [0.2, 0.25) is 0 Å². The SMILES string of the molecule is C[C@@]12CC[C@@H]3c4ccc(O)cc4CC[C@H]3[C@H]1C[C@@H](O)[C@@H]2O. The van der Waals surface area contributed by atoms with Gasteiger partial charge in [0.15, 0.2) is 0 Å². The molecule has 1 aromatic carbocycles. The van der Waals surface area contributed by atoms with E-state index < -0.39 is 12.2 Å². The molecule has 0 bridgehead atoms. The fourth-order valence-electron chi connectivity index (χ4n) is 5.56. The third-order valence-corrected chi connectivity index (χ3v) is 6.68. The molecule has 2 fully saturated rings. The molecule has 3 aliphatic carbocycles. The zero-order chi connectivity index (χ0) is 14.8. The Morgan fingerprint density at radius 1 is 1.19 bits per heavy atom. The number of fused-ring (bicyclic) bond motifs is 5. The van der Waals surface area contributed by atoms with Crippen LogP contribution in [0, 0.1) is 17.3 Å². The van der Waals surface area contributed by atoms with Gasteiger partial charge in [-0.2, -0.15) is 0 Å². The molecule has 0 aliphatic heterocycles. The van der Waals surface area contributed by atoms with Gasteiger partial charge < -0.3 is 15.3 Å². The zero-order valence-corrected chi connectivity index (χ0v) is 12.5. The summed E-state index contributed by atoms with van der Waals surface area (Å²) in [4.78, 5) is 0. The molecule has 0 heterocycles. The molecule has 4 rings (SSSR count). The molecule has 3 N–H and O–H groups in total. The molecule has 0 unspecified atom stereocenters. The van der Waals surface area contributed by atoms with Crippen molar-refractivity contribution in [3.8, 4) is 5.75 Å². The van der Waals surface area contributed by atoms with Gasteiger partial charge in [-0.1, -0.05) is 13.0 Å². The predicted octanol–water partition coefficient (Wildman–Crippen LogP) is 2.58. The summed E-state index contributed by atoms with van der Waals surface area (Å²) in [5, 5.41) is 30.2. The van der Waals surface area contributed by atoms with Gasteiger partial charge >= 0.3 is 0 Å². The van der Waals surface area contributed by atoms with Crippen molar-refractivity contribution in [1.29, 1.82) is 0 Å². The maximum absolute atomic E-state index is 10.4. The average molecular weight is 288 g/mol. The fraction of sp³-hybridized carbons (Fsp3) is 0.667. The normalized spacial score (nSPS) is 44.8.